The third kappa shape index (κ3) is 3.59. The minimum absolute atomic E-state index is 0. The van der Waals surface area contributed by atoms with Crippen molar-refractivity contribution >= 4 is 24.0 Å². The third-order valence-electron chi connectivity index (χ3n) is 7.19. The quantitative estimate of drug-likeness (QED) is 0.790. The number of amides is 1. The molecule has 0 bridgehead atoms. The van der Waals surface area contributed by atoms with Crippen molar-refractivity contribution in [1.82, 2.24) is 10.2 Å². The van der Waals surface area contributed by atoms with Crippen LogP contribution in [0.2, 0.25) is 0 Å². The van der Waals surface area contributed by atoms with Gasteiger partial charge in [-0.2, -0.15) is 0 Å². The maximum Gasteiger partial charge on any atom is 0.247 e. The average Bonchev–Trinajstić information content (AvgIpc) is 3.08. The molecule has 0 saturated carbocycles. The highest BCUT2D eigenvalue weighted by molar-refractivity contribution is 5.93. The van der Waals surface area contributed by atoms with Gasteiger partial charge in [-0.25, -0.2) is 0 Å². The van der Waals surface area contributed by atoms with Crippen molar-refractivity contribution in [3.05, 3.63) is 65.7 Å². The molecule has 6 heteroatoms. The second-order valence-electron chi connectivity index (χ2n) is 8.70. The molecule has 0 radical (unpaired) electrons. The molecular weight excluding hydrogens is 398 g/mol. The Morgan fingerprint density at radius 1 is 1.03 bits per heavy atom. The lowest BCUT2D eigenvalue weighted by atomic mass is 9.80. The highest BCUT2D eigenvalue weighted by Gasteiger charge is 2.50. The standard InChI is InChI=1S/C24H29N3O2.ClH/c28-22-19(11-10-18-6-4-5-9-21(18)22)16-26-14-12-24(13-15-26)23(29)25-17-27(24)20-7-2-1-3-8-20;/h1-9,19,22,28H,10-17H2,(H,25,29);1H/t19-,22+;/m1./s1. The van der Waals surface area contributed by atoms with E-state index in [9.17, 15) is 9.90 Å². The molecule has 3 aliphatic rings. The van der Waals surface area contributed by atoms with E-state index in [4.69, 9.17) is 0 Å². The SMILES string of the molecule is Cl.O=C1NCN(c2ccccc2)C12CCN(C[C@H]1CCc3ccccc3[C@H]1O)CC2. The maximum atomic E-state index is 12.8. The van der Waals surface area contributed by atoms with Crippen LogP contribution in [-0.4, -0.2) is 47.8 Å². The number of fused-ring (bicyclic) bond motifs is 1. The minimum Gasteiger partial charge on any atom is -0.388 e. The van der Waals surface area contributed by atoms with E-state index in [1.54, 1.807) is 0 Å². The number of anilines is 1. The van der Waals surface area contributed by atoms with Crippen molar-refractivity contribution in [1.29, 1.82) is 0 Å². The van der Waals surface area contributed by atoms with Crippen molar-refractivity contribution in [2.45, 2.75) is 37.3 Å². The van der Waals surface area contributed by atoms with Crippen LogP contribution in [0.1, 0.15) is 36.5 Å². The number of piperidine rings is 1. The van der Waals surface area contributed by atoms with Gasteiger partial charge in [-0.3, -0.25) is 4.79 Å². The number of aliphatic hydroxyl groups is 1. The molecule has 2 fully saturated rings. The number of aliphatic hydroxyl groups excluding tert-OH is 1. The van der Waals surface area contributed by atoms with Gasteiger partial charge in [-0.1, -0.05) is 42.5 Å². The first-order valence-corrected chi connectivity index (χ1v) is 10.8. The van der Waals surface area contributed by atoms with Crippen molar-refractivity contribution in [3.63, 3.8) is 0 Å². The number of aryl methyl sites for hydroxylation is 1. The van der Waals surface area contributed by atoms with E-state index in [1.807, 2.05) is 24.3 Å². The molecule has 2 aromatic rings. The number of halogens is 1. The lowest BCUT2D eigenvalue weighted by molar-refractivity contribution is -0.125. The van der Waals surface area contributed by atoms with E-state index in [0.29, 0.717) is 6.67 Å². The van der Waals surface area contributed by atoms with Crippen LogP contribution < -0.4 is 10.2 Å². The number of hydrogen-bond donors (Lipinski definition) is 2. The van der Waals surface area contributed by atoms with Gasteiger partial charge in [-0.05, 0) is 48.9 Å². The van der Waals surface area contributed by atoms with Gasteiger partial charge in [0, 0.05) is 31.2 Å². The highest BCUT2D eigenvalue weighted by Crippen LogP contribution is 2.38. The molecule has 0 aromatic heterocycles. The van der Waals surface area contributed by atoms with Gasteiger partial charge in [-0.15, -0.1) is 12.4 Å². The molecule has 5 rings (SSSR count). The van der Waals surface area contributed by atoms with Crippen LogP contribution in [0.25, 0.3) is 0 Å². The normalized spacial score (nSPS) is 25.5. The Morgan fingerprint density at radius 2 is 1.73 bits per heavy atom. The van der Waals surface area contributed by atoms with Crippen molar-refractivity contribution in [2.24, 2.45) is 5.92 Å². The van der Waals surface area contributed by atoms with Crippen molar-refractivity contribution in [2.75, 3.05) is 31.2 Å². The summed E-state index contributed by atoms with van der Waals surface area (Å²) in [6.07, 6.45) is 3.34. The predicted octanol–water partition coefficient (Wildman–Crippen LogP) is 3.13. The summed E-state index contributed by atoms with van der Waals surface area (Å²) in [5.41, 5.74) is 3.06. The Hall–Kier alpha value is -2.08. The first kappa shape index (κ1) is 21.2. The molecule has 2 saturated heterocycles. The molecule has 5 nitrogen and oxygen atoms in total. The summed E-state index contributed by atoms with van der Waals surface area (Å²) in [6.45, 7) is 3.27. The molecule has 1 amide bonds. The second kappa shape index (κ2) is 8.58. The summed E-state index contributed by atoms with van der Waals surface area (Å²) in [4.78, 5) is 17.5. The lowest BCUT2D eigenvalue weighted by Gasteiger charge is -2.44. The number of likely N-dealkylation sites (tertiary alicyclic amines) is 1. The Bertz CT molecular complexity index is 883. The van der Waals surface area contributed by atoms with E-state index >= 15 is 0 Å². The Labute approximate surface area is 184 Å². The zero-order valence-corrected chi connectivity index (χ0v) is 18.0. The molecule has 2 aliphatic heterocycles. The van der Waals surface area contributed by atoms with Crippen LogP contribution in [0.4, 0.5) is 5.69 Å². The minimum atomic E-state index is -0.435. The van der Waals surface area contributed by atoms with Gasteiger partial charge < -0.3 is 20.2 Å². The number of para-hydroxylation sites is 1. The first-order chi connectivity index (χ1) is 14.2. The topological polar surface area (TPSA) is 55.8 Å². The highest BCUT2D eigenvalue weighted by atomic mass is 35.5. The summed E-state index contributed by atoms with van der Waals surface area (Å²) in [5, 5.41) is 14.0. The van der Waals surface area contributed by atoms with E-state index in [0.717, 1.165) is 56.6 Å². The number of nitrogens with one attached hydrogen (secondary N) is 1. The fourth-order valence-electron chi connectivity index (χ4n) is 5.46. The molecule has 160 valence electrons. The Balaban J connectivity index is 0.00000218. The van der Waals surface area contributed by atoms with Crippen LogP contribution in [-0.2, 0) is 11.2 Å². The molecule has 1 aliphatic carbocycles. The maximum absolute atomic E-state index is 12.8. The van der Waals surface area contributed by atoms with Gasteiger partial charge in [0.25, 0.3) is 0 Å². The summed E-state index contributed by atoms with van der Waals surface area (Å²) in [6, 6.07) is 18.5. The smallest absolute Gasteiger partial charge is 0.247 e. The number of carbonyl (C=O) groups is 1. The molecule has 2 heterocycles. The van der Waals surface area contributed by atoms with Gasteiger partial charge in [0.05, 0.1) is 12.8 Å². The molecule has 1 spiro atoms. The fourth-order valence-corrected chi connectivity index (χ4v) is 5.46. The van der Waals surface area contributed by atoms with E-state index in [1.165, 1.54) is 5.56 Å². The predicted molar refractivity (Wildman–Crippen MR) is 121 cm³/mol. The number of carbonyl (C=O) groups excluding carboxylic acids is 1. The number of rotatable bonds is 3. The van der Waals surface area contributed by atoms with Gasteiger partial charge in [0.2, 0.25) is 5.91 Å². The zero-order valence-electron chi connectivity index (χ0n) is 17.2. The summed E-state index contributed by atoms with van der Waals surface area (Å²) in [5.74, 6) is 0.425. The number of benzene rings is 2. The van der Waals surface area contributed by atoms with Crippen LogP contribution in [0.15, 0.2) is 54.6 Å². The zero-order chi connectivity index (χ0) is 19.8. The van der Waals surface area contributed by atoms with Gasteiger partial charge >= 0.3 is 0 Å². The lowest BCUT2D eigenvalue weighted by Crippen LogP contribution is -2.57. The third-order valence-corrected chi connectivity index (χ3v) is 7.19. The van der Waals surface area contributed by atoms with E-state index in [2.05, 4.69) is 45.4 Å². The van der Waals surface area contributed by atoms with Crippen molar-refractivity contribution < 1.29 is 9.90 Å². The molecule has 30 heavy (non-hydrogen) atoms. The van der Waals surface area contributed by atoms with Gasteiger partial charge in [0.15, 0.2) is 0 Å². The summed E-state index contributed by atoms with van der Waals surface area (Å²) in [7, 11) is 0. The van der Waals surface area contributed by atoms with Crippen LogP contribution >= 0.6 is 12.4 Å². The molecular formula is C24H30ClN3O2. The summed E-state index contributed by atoms with van der Waals surface area (Å²) < 4.78 is 0. The van der Waals surface area contributed by atoms with Crippen molar-refractivity contribution in [3.8, 4) is 0 Å². The molecule has 2 aromatic carbocycles. The largest absolute Gasteiger partial charge is 0.388 e. The monoisotopic (exact) mass is 427 g/mol. The molecule has 2 atom stereocenters. The number of hydrogen-bond acceptors (Lipinski definition) is 4. The average molecular weight is 428 g/mol. The van der Waals surface area contributed by atoms with Gasteiger partial charge in [0.1, 0.15) is 5.54 Å². The first-order valence-electron chi connectivity index (χ1n) is 10.8. The molecule has 0 unspecified atom stereocenters. The summed E-state index contributed by atoms with van der Waals surface area (Å²) >= 11 is 0. The van der Waals surface area contributed by atoms with E-state index < -0.39 is 5.54 Å². The van der Waals surface area contributed by atoms with Crippen LogP contribution in [0, 0.1) is 5.92 Å². The Morgan fingerprint density at radius 3 is 2.50 bits per heavy atom. The second-order valence-corrected chi connectivity index (χ2v) is 8.70. The number of nitrogens with zero attached hydrogens (tertiary/aromatic N) is 2. The van der Waals surface area contributed by atoms with E-state index in [-0.39, 0.29) is 30.3 Å². The molecule has 2 N–H and O–H groups in total. The van der Waals surface area contributed by atoms with Crippen LogP contribution in [0.3, 0.4) is 0 Å². The Kier molecular flexibility index (Phi) is 6.05. The fraction of sp³-hybridized carbons (Fsp3) is 0.458. The van der Waals surface area contributed by atoms with Crippen LogP contribution in [0.5, 0.6) is 0 Å².